The number of hydroxylamine groups is 2. The average molecular weight is 651 g/mol. The van der Waals surface area contributed by atoms with Crippen molar-refractivity contribution < 1.29 is 28.6 Å². The minimum absolute atomic E-state index is 0.0783. The Morgan fingerprint density at radius 1 is 0.625 bits per heavy atom. The molecule has 2 aliphatic heterocycles. The van der Waals surface area contributed by atoms with Gasteiger partial charge in [0.1, 0.15) is 5.60 Å². The van der Waals surface area contributed by atoms with Crippen molar-refractivity contribution in [2.75, 3.05) is 39.6 Å². The van der Waals surface area contributed by atoms with Gasteiger partial charge in [0.2, 0.25) is 0 Å². The molecule has 3 aromatic carbocycles. The number of fused-ring (bicyclic) bond motifs is 1. The third kappa shape index (κ3) is 6.21. The number of hydrogen-bond acceptors (Lipinski definition) is 6. The molecular weight excluding hydrogens is 621 g/mol. The van der Waals surface area contributed by atoms with Crippen LogP contribution in [0.5, 0.6) is 0 Å². The second-order valence-corrected chi connectivity index (χ2v) is 11.4. The molecular formula is C32H30INO6. The highest BCUT2D eigenvalue weighted by Gasteiger charge is 2.39. The number of carbonyl (C=O) groups excluding carboxylic acids is 2. The quantitative estimate of drug-likeness (QED) is 0.132. The number of amides is 2. The normalized spacial score (nSPS) is 14.7. The van der Waals surface area contributed by atoms with E-state index in [0.29, 0.717) is 37.6 Å². The zero-order valence-corrected chi connectivity index (χ0v) is 24.1. The van der Waals surface area contributed by atoms with Crippen LogP contribution in [0.1, 0.15) is 31.8 Å². The number of ether oxygens (including phenoxy) is 3. The van der Waals surface area contributed by atoms with Crippen LogP contribution in [-0.2, 0) is 24.6 Å². The summed E-state index contributed by atoms with van der Waals surface area (Å²) in [4.78, 5) is 30.0. The lowest BCUT2D eigenvalue weighted by molar-refractivity contribution is -0.108. The highest BCUT2D eigenvalue weighted by molar-refractivity contribution is 14.2. The van der Waals surface area contributed by atoms with Gasteiger partial charge in [0.25, 0.3) is 11.8 Å². The summed E-state index contributed by atoms with van der Waals surface area (Å²) in [6.45, 7) is 1.84. The molecule has 2 aliphatic rings. The van der Waals surface area contributed by atoms with Gasteiger partial charge in [0.05, 0.1) is 50.8 Å². The van der Waals surface area contributed by atoms with Crippen LogP contribution < -0.4 is 0 Å². The van der Waals surface area contributed by atoms with Crippen molar-refractivity contribution in [3.05, 3.63) is 129 Å². The van der Waals surface area contributed by atoms with E-state index in [9.17, 15) is 9.59 Å². The van der Waals surface area contributed by atoms with E-state index in [1.54, 1.807) is 24.3 Å². The van der Waals surface area contributed by atoms with Crippen LogP contribution in [0.25, 0.3) is 0 Å². The molecule has 40 heavy (non-hydrogen) atoms. The molecule has 5 rings (SSSR count). The second-order valence-electron chi connectivity index (χ2n) is 8.90. The molecule has 2 amide bonds. The molecule has 0 unspecified atom stereocenters. The van der Waals surface area contributed by atoms with Gasteiger partial charge >= 0.3 is 0 Å². The van der Waals surface area contributed by atoms with Gasteiger partial charge in [-0.3, -0.25) is 14.4 Å². The lowest BCUT2D eigenvalue weighted by Gasteiger charge is -2.36. The molecule has 206 valence electrons. The predicted molar refractivity (Wildman–Crippen MR) is 161 cm³/mol. The first kappa shape index (κ1) is 28.3. The first-order chi connectivity index (χ1) is 19.7. The number of imide groups is 1. The number of rotatable bonds is 14. The molecule has 2 heterocycles. The van der Waals surface area contributed by atoms with Crippen LogP contribution >= 0.6 is 20.7 Å². The highest BCUT2D eigenvalue weighted by Crippen LogP contribution is 2.46. The number of carbonyl (C=O) groups is 2. The van der Waals surface area contributed by atoms with E-state index in [1.165, 1.54) is 3.58 Å². The van der Waals surface area contributed by atoms with E-state index < -0.39 is 17.4 Å². The Morgan fingerprint density at radius 2 is 1.15 bits per heavy atom. The first-order valence-electron chi connectivity index (χ1n) is 13.1. The third-order valence-electron chi connectivity index (χ3n) is 6.43. The Balaban J connectivity index is 1.09. The minimum Gasteiger partial charge on any atom is -0.377 e. The molecule has 0 aromatic heterocycles. The lowest BCUT2D eigenvalue weighted by atomic mass is 9.85. The van der Waals surface area contributed by atoms with Gasteiger partial charge in [-0.15, -0.1) is 5.06 Å². The fourth-order valence-electron chi connectivity index (χ4n) is 4.59. The molecule has 0 atom stereocenters. The zero-order chi connectivity index (χ0) is 27.6. The van der Waals surface area contributed by atoms with Gasteiger partial charge in [0.15, 0.2) is 0 Å². The Bertz CT molecular complexity index is 1330. The molecule has 0 saturated heterocycles. The molecule has 3 aromatic rings. The zero-order valence-electron chi connectivity index (χ0n) is 21.9. The summed E-state index contributed by atoms with van der Waals surface area (Å²) in [6, 6.07) is 27.4. The van der Waals surface area contributed by atoms with Crippen LogP contribution in [0.2, 0.25) is 0 Å². The molecule has 0 spiro atoms. The van der Waals surface area contributed by atoms with Crippen molar-refractivity contribution in [3.63, 3.8) is 0 Å². The van der Waals surface area contributed by atoms with Crippen molar-refractivity contribution in [1.29, 1.82) is 0 Å². The first-order valence-corrected chi connectivity index (χ1v) is 15.4. The topological polar surface area (TPSA) is 74.3 Å². The number of hydrogen-bond donors (Lipinski definition) is 0. The van der Waals surface area contributed by atoms with Crippen molar-refractivity contribution in [1.82, 2.24) is 5.06 Å². The van der Waals surface area contributed by atoms with Crippen molar-refractivity contribution in [2.24, 2.45) is 0 Å². The molecule has 7 nitrogen and oxygen atoms in total. The number of allylic oxidation sites excluding steroid dienone is 3. The van der Waals surface area contributed by atoms with Crippen molar-refractivity contribution >= 4 is 36.6 Å². The maximum Gasteiger partial charge on any atom is 0.285 e. The van der Waals surface area contributed by atoms with E-state index in [1.807, 2.05) is 36.4 Å². The van der Waals surface area contributed by atoms with Gasteiger partial charge in [-0.2, -0.15) is 0 Å². The molecule has 0 saturated carbocycles. The SMILES string of the molecule is O=C1c2ccccc2C(=O)N1OCCOCCOCCOC(C1=CC=CC=I1)(c1ccccc1)c1ccccc1. The number of nitrogens with zero attached hydrogens (tertiary/aromatic N) is 1. The van der Waals surface area contributed by atoms with Gasteiger partial charge < -0.3 is 14.2 Å². The van der Waals surface area contributed by atoms with E-state index in [0.717, 1.165) is 16.2 Å². The fourth-order valence-corrected chi connectivity index (χ4v) is 7.06. The second kappa shape index (κ2) is 13.9. The largest absolute Gasteiger partial charge is 0.377 e. The third-order valence-corrected chi connectivity index (χ3v) is 8.99. The Morgan fingerprint density at radius 3 is 1.70 bits per heavy atom. The van der Waals surface area contributed by atoms with Gasteiger partial charge in [-0.05, 0) is 33.3 Å². The summed E-state index contributed by atoms with van der Waals surface area (Å²) in [7, 11) is 0. The van der Waals surface area contributed by atoms with Crippen LogP contribution in [0.3, 0.4) is 0 Å². The van der Waals surface area contributed by atoms with E-state index in [2.05, 4.69) is 46.5 Å². The molecule has 8 heteroatoms. The molecule has 0 radical (unpaired) electrons. The van der Waals surface area contributed by atoms with E-state index >= 15 is 0 Å². The molecule has 0 fully saturated rings. The summed E-state index contributed by atoms with van der Waals surface area (Å²) >= 11 is -0.348. The average Bonchev–Trinajstić information content (AvgIpc) is 3.26. The van der Waals surface area contributed by atoms with Crippen molar-refractivity contribution in [3.8, 4) is 0 Å². The maximum atomic E-state index is 12.3. The van der Waals surface area contributed by atoms with Crippen LogP contribution in [-0.4, -0.2) is 60.5 Å². The Labute approximate surface area is 243 Å². The maximum absolute atomic E-state index is 12.3. The summed E-state index contributed by atoms with van der Waals surface area (Å²) < 4.78 is 21.6. The van der Waals surface area contributed by atoms with E-state index in [-0.39, 0.29) is 33.9 Å². The number of halogens is 1. The molecule has 0 N–H and O–H groups in total. The lowest BCUT2D eigenvalue weighted by Crippen LogP contribution is -2.33. The molecule has 0 bridgehead atoms. The monoisotopic (exact) mass is 651 g/mol. The van der Waals surface area contributed by atoms with E-state index in [4.69, 9.17) is 19.0 Å². The smallest absolute Gasteiger partial charge is 0.285 e. The predicted octanol–water partition coefficient (Wildman–Crippen LogP) is 5.43. The molecule has 0 aliphatic carbocycles. The van der Waals surface area contributed by atoms with Crippen LogP contribution in [0, 0.1) is 0 Å². The van der Waals surface area contributed by atoms with Gasteiger partial charge in [-0.1, -0.05) is 106 Å². The Hall–Kier alpha value is -3.28. The van der Waals surface area contributed by atoms with Gasteiger partial charge in [-0.25, -0.2) is 0 Å². The fraction of sp³-hybridized carbons (Fsp3) is 0.219. The highest BCUT2D eigenvalue weighted by atomic mass is 127. The van der Waals surface area contributed by atoms with Gasteiger partial charge in [0, 0.05) is 3.58 Å². The standard InChI is InChI=1S/C32H30INO6/c35-30-27-15-7-8-16-28(27)31(36)34(30)40-24-22-38-20-19-37-21-23-39-32(25-11-3-1-4-12-25,26-13-5-2-6-14-26)29-17-9-10-18-33-29/h1-18H,19-24H2. The van der Waals surface area contributed by atoms with Crippen LogP contribution in [0.4, 0.5) is 0 Å². The summed E-state index contributed by atoms with van der Waals surface area (Å²) in [5.74, 6) is -0.906. The number of benzene rings is 3. The summed E-state index contributed by atoms with van der Waals surface area (Å²) in [5.41, 5.74) is 2.21. The summed E-state index contributed by atoms with van der Waals surface area (Å²) in [6.07, 6.45) is 6.37. The summed E-state index contributed by atoms with van der Waals surface area (Å²) in [5, 5.41) is 0.797. The minimum atomic E-state index is -0.682. The Kier molecular flexibility index (Phi) is 9.80. The van der Waals surface area contributed by atoms with Crippen molar-refractivity contribution in [2.45, 2.75) is 5.60 Å². The van der Waals surface area contributed by atoms with Crippen LogP contribution in [0.15, 0.2) is 107 Å².